The second-order valence-electron chi connectivity index (χ2n) is 8.68. The number of nitrogens with one attached hydrogen (secondary N) is 2. The number of hydrogen-bond acceptors (Lipinski definition) is 3. The van der Waals surface area contributed by atoms with E-state index in [0.717, 1.165) is 24.0 Å². The molecule has 176 valence electrons. The van der Waals surface area contributed by atoms with E-state index in [1.54, 1.807) is 30.3 Å². The van der Waals surface area contributed by atoms with Gasteiger partial charge in [-0.05, 0) is 42.0 Å². The minimum atomic E-state index is -0.278. The van der Waals surface area contributed by atoms with Crippen molar-refractivity contribution in [2.24, 2.45) is 13.0 Å². The van der Waals surface area contributed by atoms with Gasteiger partial charge >= 0.3 is 6.03 Å². The number of aryl methyl sites for hydroxylation is 1. The Morgan fingerprint density at radius 1 is 0.912 bits per heavy atom. The molecule has 3 aromatic rings. The molecule has 34 heavy (non-hydrogen) atoms. The summed E-state index contributed by atoms with van der Waals surface area (Å²) in [7, 11) is 1.64. The topological polar surface area (TPSA) is 83.4 Å². The fourth-order valence-corrected chi connectivity index (χ4v) is 4.34. The first-order valence-corrected chi connectivity index (χ1v) is 11.6. The molecule has 1 fully saturated rings. The van der Waals surface area contributed by atoms with Crippen molar-refractivity contribution in [2.45, 2.75) is 18.9 Å². The molecule has 0 spiro atoms. The Hall–Kier alpha value is -3.87. The molecule has 4 rings (SSSR count). The fraction of sp³-hybridized carbons (Fsp3) is 0.296. The average molecular weight is 459 g/mol. The molecule has 2 N–H and O–H groups in total. The summed E-state index contributed by atoms with van der Waals surface area (Å²) in [4.78, 5) is 39.5. The molecule has 0 saturated carbocycles. The van der Waals surface area contributed by atoms with Gasteiger partial charge in [-0.1, -0.05) is 60.7 Å². The van der Waals surface area contributed by atoms with Crippen LogP contribution in [-0.2, 0) is 7.05 Å². The maximum absolute atomic E-state index is 12.8. The van der Waals surface area contributed by atoms with E-state index in [4.69, 9.17) is 0 Å². The van der Waals surface area contributed by atoms with Crippen LogP contribution in [0.25, 0.3) is 0 Å². The molecule has 0 unspecified atom stereocenters. The number of urea groups is 1. The first-order chi connectivity index (χ1) is 16.5. The Morgan fingerprint density at radius 2 is 1.50 bits per heavy atom. The van der Waals surface area contributed by atoms with Gasteiger partial charge < -0.3 is 20.1 Å². The Labute approximate surface area is 199 Å². The van der Waals surface area contributed by atoms with Gasteiger partial charge in [0.2, 0.25) is 0 Å². The summed E-state index contributed by atoms with van der Waals surface area (Å²) in [5.74, 6) is 0.0548. The van der Waals surface area contributed by atoms with Gasteiger partial charge in [0, 0.05) is 32.9 Å². The van der Waals surface area contributed by atoms with E-state index >= 15 is 0 Å². The van der Waals surface area contributed by atoms with Crippen LogP contribution in [0.4, 0.5) is 4.79 Å². The molecule has 1 saturated heterocycles. The third-order valence-corrected chi connectivity index (χ3v) is 6.35. The van der Waals surface area contributed by atoms with Gasteiger partial charge in [-0.3, -0.25) is 9.59 Å². The Morgan fingerprint density at radius 3 is 2.09 bits per heavy atom. The van der Waals surface area contributed by atoms with E-state index in [2.05, 4.69) is 10.6 Å². The van der Waals surface area contributed by atoms with Crippen LogP contribution < -0.4 is 16.2 Å². The highest BCUT2D eigenvalue weighted by molar-refractivity contribution is 5.93. The van der Waals surface area contributed by atoms with Crippen LogP contribution in [0.5, 0.6) is 0 Å². The molecule has 0 radical (unpaired) electrons. The van der Waals surface area contributed by atoms with E-state index in [1.165, 1.54) is 4.57 Å². The standard InChI is InChI=1S/C27H30N4O3/c1-30-16-8-13-23(25(30)32)26(33)31-17-14-20(15-18-31)19-28-27(34)29-24(21-9-4-2-5-10-21)22-11-6-3-7-12-22/h2-13,16,20,24H,14-15,17-19H2,1H3,(H2,28,29,34). The van der Waals surface area contributed by atoms with E-state index in [1.807, 2.05) is 60.7 Å². The number of aromatic nitrogens is 1. The predicted octanol–water partition coefficient (Wildman–Crippen LogP) is 3.33. The molecular formula is C27H30N4O3. The van der Waals surface area contributed by atoms with Gasteiger partial charge in [-0.15, -0.1) is 0 Å². The van der Waals surface area contributed by atoms with Crippen LogP contribution in [0, 0.1) is 5.92 Å². The third kappa shape index (κ3) is 5.54. The molecule has 3 amide bonds. The van der Waals surface area contributed by atoms with Crippen molar-refractivity contribution in [1.29, 1.82) is 0 Å². The molecule has 0 atom stereocenters. The van der Waals surface area contributed by atoms with Crippen LogP contribution in [-0.4, -0.2) is 41.0 Å². The average Bonchev–Trinajstić information content (AvgIpc) is 2.88. The quantitative estimate of drug-likeness (QED) is 0.594. The lowest BCUT2D eigenvalue weighted by molar-refractivity contribution is 0.0688. The number of benzene rings is 2. The maximum atomic E-state index is 12.8. The Kier molecular flexibility index (Phi) is 7.42. The van der Waals surface area contributed by atoms with Gasteiger partial charge in [0.05, 0.1) is 6.04 Å². The number of hydrogen-bond donors (Lipinski definition) is 2. The number of pyridine rings is 1. The first-order valence-electron chi connectivity index (χ1n) is 11.6. The number of likely N-dealkylation sites (tertiary alicyclic amines) is 1. The van der Waals surface area contributed by atoms with Gasteiger partial charge in [0.25, 0.3) is 11.5 Å². The minimum Gasteiger partial charge on any atom is -0.338 e. The van der Waals surface area contributed by atoms with Crippen molar-refractivity contribution < 1.29 is 9.59 Å². The molecule has 0 aliphatic carbocycles. The zero-order valence-electron chi connectivity index (χ0n) is 19.3. The first kappa shape index (κ1) is 23.3. The molecule has 2 heterocycles. The molecule has 1 aliphatic heterocycles. The van der Waals surface area contributed by atoms with Crippen LogP contribution in [0.2, 0.25) is 0 Å². The van der Waals surface area contributed by atoms with Crippen molar-refractivity contribution in [3.05, 3.63) is 106 Å². The number of amides is 3. The van der Waals surface area contributed by atoms with Gasteiger partial charge in [0.15, 0.2) is 0 Å². The summed E-state index contributed by atoms with van der Waals surface area (Å²) in [5, 5.41) is 6.11. The zero-order valence-corrected chi connectivity index (χ0v) is 19.3. The second kappa shape index (κ2) is 10.8. The molecule has 1 aromatic heterocycles. The van der Waals surface area contributed by atoms with E-state index in [-0.39, 0.29) is 35.0 Å². The van der Waals surface area contributed by atoms with Crippen LogP contribution >= 0.6 is 0 Å². The van der Waals surface area contributed by atoms with Gasteiger partial charge in [-0.25, -0.2) is 4.79 Å². The highest BCUT2D eigenvalue weighted by atomic mass is 16.2. The number of piperidine rings is 1. The molecule has 2 aromatic carbocycles. The highest BCUT2D eigenvalue weighted by Crippen LogP contribution is 2.22. The van der Waals surface area contributed by atoms with Gasteiger partial charge in [0.1, 0.15) is 5.56 Å². The lowest BCUT2D eigenvalue weighted by Crippen LogP contribution is -2.45. The maximum Gasteiger partial charge on any atom is 0.315 e. The Balaban J connectivity index is 1.30. The number of rotatable bonds is 6. The normalized spacial score (nSPS) is 14.1. The summed E-state index contributed by atoms with van der Waals surface area (Å²) in [6.07, 6.45) is 3.20. The summed E-state index contributed by atoms with van der Waals surface area (Å²) in [6.45, 7) is 1.68. The monoisotopic (exact) mass is 458 g/mol. The number of carbonyl (C=O) groups is 2. The van der Waals surface area contributed by atoms with Crippen molar-refractivity contribution in [3.63, 3.8) is 0 Å². The van der Waals surface area contributed by atoms with E-state index in [9.17, 15) is 14.4 Å². The molecular weight excluding hydrogens is 428 g/mol. The van der Waals surface area contributed by atoms with E-state index in [0.29, 0.717) is 19.6 Å². The lowest BCUT2D eigenvalue weighted by Gasteiger charge is -2.32. The van der Waals surface area contributed by atoms with Crippen LogP contribution in [0.15, 0.2) is 83.8 Å². The minimum absolute atomic E-state index is 0.203. The molecule has 0 bridgehead atoms. The largest absolute Gasteiger partial charge is 0.338 e. The lowest BCUT2D eigenvalue weighted by atomic mass is 9.96. The number of carbonyl (C=O) groups excluding carboxylic acids is 2. The van der Waals surface area contributed by atoms with Crippen molar-refractivity contribution in [2.75, 3.05) is 19.6 Å². The SMILES string of the molecule is Cn1cccc(C(=O)N2CCC(CNC(=O)NC(c3ccccc3)c3ccccc3)CC2)c1=O. The highest BCUT2D eigenvalue weighted by Gasteiger charge is 2.26. The summed E-state index contributed by atoms with van der Waals surface area (Å²) < 4.78 is 1.42. The summed E-state index contributed by atoms with van der Waals surface area (Å²) in [6, 6.07) is 22.6. The third-order valence-electron chi connectivity index (χ3n) is 6.35. The Bertz CT molecular complexity index is 1130. The molecule has 7 heteroatoms. The van der Waals surface area contributed by atoms with Crippen molar-refractivity contribution >= 4 is 11.9 Å². The zero-order chi connectivity index (χ0) is 23.9. The number of nitrogens with zero attached hydrogens (tertiary/aromatic N) is 2. The fourth-order valence-electron chi connectivity index (χ4n) is 4.34. The molecule has 1 aliphatic rings. The summed E-state index contributed by atoms with van der Waals surface area (Å²) in [5.41, 5.74) is 1.96. The molecule has 7 nitrogen and oxygen atoms in total. The van der Waals surface area contributed by atoms with Crippen molar-refractivity contribution in [1.82, 2.24) is 20.1 Å². The summed E-state index contributed by atoms with van der Waals surface area (Å²) >= 11 is 0. The second-order valence-corrected chi connectivity index (χ2v) is 8.68. The smallest absolute Gasteiger partial charge is 0.315 e. The van der Waals surface area contributed by atoms with Crippen LogP contribution in [0.1, 0.15) is 40.4 Å². The predicted molar refractivity (Wildman–Crippen MR) is 132 cm³/mol. The van der Waals surface area contributed by atoms with Gasteiger partial charge in [-0.2, -0.15) is 0 Å². The van der Waals surface area contributed by atoms with E-state index < -0.39 is 0 Å². The van der Waals surface area contributed by atoms with Crippen molar-refractivity contribution in [3.8, 4) is 0 Å². The van der Waals surface area contributed by atoms with Crippen LogP contribution in [0.3, 0.4) is 0 Å².